The largest absolute Gasteiger partial charge is 0.389 e. The number of urea groups is 1. The maximum Gasteiger partial charge on any atom is 0.321 e. The first-order valence-electron chi connectivity index (χ1n) is 6.04. The Hall–Kier alpha value is -1.88. The van der Waals surface area contributed by atoms with Crippen LogP contribution in [0.3, 0.4) is 0 Å². The lowest BCUT2D eigenvalue weighted by Crippen LogP contribution is -2.41. The summed E-state index contributed by atoms with van der Waals surface area (Å²) in [5.74, 6) is -0.0547. The highest BCUT2D eigenvalue weighted by Gasteiger charge is 2.19. The van der Waals surface area contributed by atoms with Crippen LogP contribution >= 0.6 is 0 Å². The monoisotopic (exact) mass is 264 g/mol. The molecule has 19 heavy (non-hydrogen) atoms. The third-order valence-corrected chi connectivity index (χ3v) is 2.49. The van der Waals surface area contributed by atoms with E-state index in [4.69, 9.17) is 0 Å². The number of benzene rings is 1. The molecule has 0 radical (unpaired) electrons. The van der Waals surface area contributed by atoms with Crippen molar-refractivity contribution in [1.29, 1.82) is 0 Å². The number of nitrogens with zero attached hydrogens (tertiary/aromatic N) is 1. The molecule has 0 aliphatic heterocycles. The zero-order chi connectivity index (χ0) is 14.6. The molecular formula is C14H20N2O3. The Bertz CT molecular complexity index is 478. The number of amides is 2. The van der Waals surface area contributed by atoms with Gasteiger partial charge in [-0.25, -0.2) is 4.79 Å². The minimum atomic E-state index is -0.951. The first-order valence-corrected chi connectivity index (χ1v) is 6.04. The van der Waals surface area contributed by atoms with Crippen LogP contribution in [0.4, 0.5) is 10.5 Å². The number of aliphatic hydroxyl groups is 1. The van der Waals surface area contributed by atoms with Crippen LogP contribution in [-0.2, 0) is 0 Å². The minimum Gasteiger partial charge on any atom is -0.389 e. The molecule has 0 atom stereocenters. The van der Waals surface area contributed by atoms with Crippen molar-refractivity contribution in [3.63, 3.8) is 0 Å². The lowest BCUT2D eigenvalue weighted by Gasteiger charge is -2.25. The van der Waals surface area contributed by atoms with Gasteiger partial charge in [-0.2, -0.15) is 0 Å². The molecular weight excluding hydrogens is 244 g/mol. The second kappa shape index (κ2) is 5.84. The predicted molar refractivity (Wildman–Crippen MR) is 74.4 cm³/mol. The van der Waals surface area contributed by atoms with E-state index in [1.807, 2.05) is 0 Å². The Kier molecular flexibility index (Phi) is 4.67. The van der Waals surface area contributed by atoms with E-state index in [0.717, 1.165) is 0 Å². The second-order valence-corrected chi connectivity index (χ2v) is 5.24. The zero-order valence-corrected chi connectivity index (χ0v) is 11.7. The molecule has 1 aromatic carbocycles. The number of likely N-dealkylation sites (N-methyl/N-ethyl adjacent to an activating group) is 1. The summed E-state index contributed by atoms with van der Waals surface area (Å²) in [6.45, 7) is 4.95. The van der Waals surface area contributed by atoms with E-state index in [9.17, 15) is 14.7 Å². The SMILES string of the molecule is CC(=O)c1cccc(NC(=O)N(C)CC(C)(C)O)c1. The summed E-state index contributed by atoms with van der Waals surface area (Å²) in [6, 6.07) is 6.41. The third-order valence-electron chi connectivity index (χ3n) is 2.49. The molecule has 0 heterocycles. The summed E-state index contributed by atoms with van der Waals surface area (Å²) in [4.78, 5) is 24.5. The molecule has 0 spiro atoms. The van der Waals surface area contributed by atoms with Gasteiger partial charge in [0, 0.05) is 18.3 Å². The van der Waals surface area contributed by atoms with Crippen molar-refractivity contribution in [3.05, 3.63) is 29.8 Å². The van der Waals surface area contributed by atoms with Crippen molar-refractivity contribution >= 4 is 17.5 Å². The van der Waals surface area contributed by atoms with Gasteiger partial charge in [0.2, 0.25) is 0 Å². The van der Waals surface area contributed by atoms with E-state index in [1.165, 1.54) is 11.8 Å². The van der Waals surface area contributed by atoms with Gasteiger partial charge in [0.15, 0.2) is 5.78 Å². The van der Waals surface area contributed by atoms with Crippen LogP contribution in [-0.4, -0.2) is 41.0 Å². The first kappa shape index (κ1) is 15.2. The summed E-state index contributed by atoms with van der Waals surface area (Å²) in [6.07, 6.45) is 0. The van der Waals surface area contributed by atoms with Gasteiger partial charge in [-0.1, -0.05) is 12.1 Å². The average molecular weight is 264 g/mol. The molecule has 104 valence electrons. The van der Waals surface area contributed by atoms with Crippen LogP contribution in [0.5, 0.6) is 0 Å². The Morgan fingerprint density at radius 1 is 1.37 bits per heavy atom. The standard InChI is InChI=1S/C14H20N2O3/c1-10(17)11-6-5-7-12(8-11)15-13(18)16(4)9-14(2,3)19/h5-8,19H,9H2,1-4H3,(H,15,18). The Labute approximate surface area is 113 Å². The fourth-order valence-corrected chi connectivity index (χ4v) is 1.69. The predicted octanol–water partition coefficient (Wildman–Crippen LogP) is 2.12. The molecule has 0 aliphatic rings. The Morgan fingerprint density at radius 2 is 2.00 bits per heavy atom. The molecule has 1 aromatic rings. The smallest absolute Gasteiger partial charge is 0.321 e. The molecule has 0 unspecified atom stereocenters. The summed E-state index contributed by atoms with van der Waals surface area (Å²) in [5, 5.41) is 12.3. The van der Waals surface area contributed by atoms with Crippen molar-refractivity contribution < 1.29 is 14.7 Å². The number of hydrogen-bond acceptors (Lipinski definition) is 3. The molecule has 0 saturated carbocycles. The Balaban J connectivity index is 2.71. The van der Waals surface area contributed by atoms with E-state index in [-0.39, 0.29) is 18.4 Å². The molecule has 0 bridgehead atoms. The fourth-order valence-electron chi connectivity index (χ4n) is 1.69. The molecule has 1 rings (SSSR count). The van der Waals surface area contributed by atoms with Gasteiger partial charge in [-0.3, -0.25) is 4.79 Å². The van der Waals surface area contributed by atoms with Crippen LogP contribution in [0.1, 0.15) is 31.1 Å². The van der Waals surface area contributed by atoms with Crippen LogP contribution in [0.25, 0.3) is 0 Å². The first-order chi connectivity index (χ1) is 8.69. The van der Waals surface area contributed by atoms with Gasteiger partial charge < -0.3 is 15.3 Å². The lowest BCUT2D eigenvalue weighted by molar-refractivity contribution is 0.0550. The molecule has 0 aromatic heterocycles. The highest BCUT2D eigenvalue weighted by Crippen LogP contribution is 2.12. The van der Waals surface area contributed by atoms with E-state index in [0.29, 0.717) is 11.3 Å². The number of hydrogen-bond donors (Lipinski definition) is 2. The normalized spacial score (nSPS) is 11.0. The number of Topliss-reactive ketones (excluding diaryl/α,β-unsaturated/α-hetero) is 1. The number of rotatable bonds is 4. The number of carbonyl (C=O) groups is 2. The van der Waals surface area contributed by atoms with Gasteiger partial charge in [-0.05, 0) is 32.9 Å². The fraction of sp³-hybridized carbons (Fsp3) is 0.429. The molecule has 0 aliphatic carbocycles. The summed E-state index contributed by atoms with van der Waals surface area (Å²) in [7, 11) is 1.60. The maximum atomic E-state index is 11.9. The second-order valence-electron chi connectivity index (χ2n) is 5.24. The van der Waals surface area contributed by atoms with E-state index in [1.54, 1.807) is 45.2 Å². The van der Waals surface area contributed by atoms with E-state index < -0.39 is 5.60 Å². The van der Waals surface area contributed by atoms with Crippen molar-refractivity contribution in [2.24, 2.45) is 0 Å². The molecule has 2 N–H and O–H groups in total. The molecule has 0 saturated heterocycles. The summed E-state index contributed by atoms with van der Waals surface area (Å²) >= 11 is 0. The van der Waals surface area contributed by atoms with Gasteiger partial charge >= 0.3 is 6.03 Å². The van der Waals surface area contributed by atoms with Crippen molar-refractivity contribution in [3.8, 4) is 0 Å². The van der Waals surface area contributed by atoms with Crippen LogP contribution in [0.2, 0.25) is 0 Å². The molecule has 0 fully saturated rings. The molecule has 2 amide bonds. The molecule has 5 nitrogen and oxygen atoms in total. The average Bonchev–Trinajstić information content (AvgIpc) is 2.27. The van der Waals surface area contributed by atoms with Crippen molar-refractivity contribution in [1.82, 2.24) is 4.90 Å². The number of carbonyl (C=O) groups excluding carboxylic acids is 2. The lowest BCUT2D eigenvalue weighted by atomic mass is 10.1. The number of nitrogens with one attached hydrogen (secondary N) is 1. The summed E-state index contributed by atoms with van der Waals surface area (Å²) < 4.78 is 0. The maximum absolute atomic E-state index is 11.9. The topological polar surface area (TPSA) is 69.6 Å². The van der Waals surface area contributed by atoms with Crippen LogP contribution in [0.15, 0.2) is 24.3 Å². The highest BCUT2D eigenvalue weighted by molar-refractivity contribution is 5.96. The van der Waals surface area contributed by atoms with Gasteiger partial charge in [-0.15, -0.1) is 0 Å². The Morgan fingerprint density at radius 3 is 2.53 bits per heavy atom. The van der Waals surface area contributed by atoms with E-state index >= 15 is 0 Å². The number of ketones is 1. The van der Waals surface area contributed by atoms with Crippen molar-refractivity contribution in [2.75, 3.05) is 18.9 Å². The quantitative estimate of drug-likeness (QED) is 0.818. The zero-order valence-electron chi connectivity index (χ0n) is 11.7. The number of anilines is 1. The van der Waals surface area contributed by atoms with Gasteiger partial charge in [0.25, 0.3) is 0 Å². The highest BCUT2D eigenvalue weighted by atomic mass is 16.3. The van der Waals surface area contributed by atoms with Gasteiger partial charge in [0.1, 0.15) is 0 Å². The third kappa shape index (κ3) is 5.09. The molecule has 5 heteroatoms. The van der Waals surface area contributed by atoms with Crippen LogP contribution in [0, 0.1) is 0 Å². The minimum absolute atomic E-state index is 0.0547. The van der Waals surface area contributed by atoms with E-state index in [2.05, 4.69) is 5.32 Å². The van der Waals surface area contributed by atoms with Crippen LogP contribution < -0.4 is 5.32 Å². The van der Waals surface area contributed by atoms with Crippen molar-refractivity contribution in [2.45, 2.75) is 26.4 Å². The van der Waals surface area contributed by atoms with Gasteiger partial charge in [0.05, 0.1) is 12.1 Å². The summed E-state index contributed by atoms with van der Waals surface area (Å²) in [5.41, 5.74) is 0.149.